The summed E-state index contributed by atoms with van der Waals surface area (Å²) in [6, 6.07) is 10.2. The van der Waals surface area contributed by atoms with E-state index in [1.165, 1.54) is 5.56 Å². The summed E-state index contributed by atoms with van der Waals surface area (Å²) in [7, 11) is 1.73. The maximum Gasteiger partial charge on any atom is 0.0880 e. The summed E-state index contributed by atoms with van der Waals surface area (Å²) in [6.07, 6.45) is 4.88. The van der Waals surface area contributed by atoms with Crippen LogP contribution in [0.1, 0.15) is 25.0 Å². The van der Waals surface area contributed by atoms with Crippen LogP contribution in [-0.4, -0.2) is 18.8 Å². The van der Waals surface area contributed by atoms with E-state index in [1.807, 2.05) is 24.3 Å². The molecule has 0 radical (unpaired) electrons. The van der Waals surface area contributed by atoms with Crippen LogP contribution in [0.3, 0.4) is 0 Å². The zero-order chi connectivity index (χ0) is 11.8. The van der Waals surface area contributed by atoms with Crippen molar-refractivity contribution in [2.75, 3.05) is 13.7 Å². The Morgan fingerprint density at radius 1 is 1.31 bits per heavy atom. The van der Waals surface area contributed by atoms with Crippen molar-refractivity contribution < 1.29 is 9.84 Å². The largest absolute Gasteiger partial charge is 0.396 e. The van der Waals surface area contributed by atoms with Crippen LogP contribution >= 0.6 is 0 Å². The first-order valence-electron chi connectivity index (χ1n) is 5.65. The Hall–Kier alpha value is -1.12. The third-order valence-corrected chi connectivity index (χ3v) is 2.59. The molecule has 0 spiro atoms. The topological polar surface area (TPSA) is 29.5 Å². The fourth-order valence-corrected chi connectivity index (χ4v) is 1.78. The van der Waals surface area contributed by atoms with Crippen LogP contribution in [-0.2, 0) is 4.74 Å². The predicted molar refractivity (Wildman–Crippen MR) is 66.2 cm³/mol. The van der Waals surface area contributed by atoms with Crippen molar-refractivity contribution in [3.8, 4) is 0 Å². The Bertz CT molecular complexity index is 306. The molecule has 0 heterocycles. The lowest BCUT2D eigenvalue weighted by Crippen LogP contribution is -2.09. The lowest BCUT2D eigenvalue weighted by atomic mass is 9.96. The fourth-order valence-electron chi connectivity index (χ4n) is 1.78. The van der Waals surface area contributed by atoms with E-state index in [-0.39, 0.29) is 12.7 Å². The second-order valence-electron chi connectivity index (χ2n) is 3.87. The standard InChI is InChI=1S/C14H20O2/c1-12(8-6-7-11-15)14(16-2)13-9-4-3-5-10-13/h3-6,8-10,12,14-15H,7,11H2,1-2H3/b8-6+/t12-,14+/m1/s1. The second kappa shape index (κ2) is 7.20. The van der Waals surface area contributed by atoms with Crippen LogP contribution in [0.5, 0.6) is 0 Å². The van der Waals surface area contributed by atoms with Crippen LogP contribution < -0.4 is 0 Å². The smallest absolute Gasteiger partial charge is 0.0880 e. The third kappa shape index (κ3) is 3.80. The maximum absolute atomic E-state index is 8.71. The first kappa shape index (κ1) is 12.9. The summed E-state index contributed by atoms with van der Waals surface area (Å²) in [5.41, 5.74) is 1.19. The van der Waals surface area contributed by atoms with E-state index < -0.39 is 0 Å². The number of hydrogen-bond donors (Lipinski definition) is 1. The summed E-state index contributed by atoms with van der Waals surface area (Å²) in [5.74, 6) is 0.305. The molecule has 1 rings (SSSR count). The van der Waals surface area contributed by atoms with E-state index in [1.54, 1.807) is 7.11 Å². The third-order valence-electron chi connectivity index (χ3n) is 2.59. The molecular weight excluding hydrogens is 200 g/mol. The molecule has 2 heteroatoms. The van der Waals surface area contributed by atoms with Crippen LogP contribution in [0.25, 0.3) is 0 Å². The summed E-state index contributed by atoms with van der Waals surface area (Å²) in [5, 5.41) is 8.71. The number of benzene rings is 1. The van der Waals surface area contributed by atoms with Gasteiger partial charge < -0.3 is 9.84 Å². The molecule has 1 aromatic rings. The SMILES string of the molecule is CO[C@H](c1ccccc1)[C@H](C)/C=C/CCO. The van der Waals surface area contributed by atoms with Gasteiger partial charge in [-0.3, -0.25) is 0 Å². The number of methoxy groups -OCH3 is 1. The Kier molecular flexibility index (Phi) is 5.83. The highest BCUT2D eigenvalue weighted by atomic mass is 16.5. The molecule has 0 saturated heterocycles. The maximum atomic E-state index is 8.71. The molecule has 1 N–H and O–H groups in total. The van der Waals surface area contributed by atoms with Crippen LogP contribution in [0.4, 0.5) is 0 Å². The number of hydrogen-bond acceptors (Lipinski definition) is 2. The molecule has 88 valence electrons. The summed E-state index contributed by atoms with van der Waals surface area (Å²) in [4.78, 5) is 0. The average molecular weight is 220 g/mol. The Labute approximate surface area is 97.6 Å². The van der Waals surface area contributed by atoms with Gasteiger partial charge in [0.25, 0.3) is 0 Å². The van der Waals surface area contributed by atoms with Crippen molar-refractivity contribution in [1.29, 1.82) is 0 Å². The summed E-state index contributed by atoms with van der Waals surface area (Å²) >= 11 is 0. The molecule has 0 aromatic heterocycles. The minimum atomic E-state index is 0.0798. The van der Waals surface area contributed by atoms with Gasteiger partial charge in [-0.05, 0) is 12.0 Å². The molecular formula is C14H20O2. The van der Waals surface area contributed by atoms with Gasteiger partial charge in [-0.15, -0.1) is 0 Å². The lowest BCUT2D eigenvalue weighted by Gasteiger charge is -2.20. The monoisotopic (exact) mass is 220 g/mol. The van der Waals surface area contributed by atoms with E-state index in [2.05, 4.69) is 25.1 Å². The summed E-state index contributed by atoms with van der Waals surface area (Å²) < 4.78 is 5.52. The highest BCUT2D eigenvalue weighted by Crippen LogP contribution is 2.26. The molecule has 2 atom stereocenters. The average Bonchev–Trinajstić information content (AvgIpc) is 2.32. The van der Waals surface area contributed by atoms with Crippen LogP contribution in [0, 0.1) is 5.92 Å². The van der Waals surface area contributed by atoms with Crippen molar-refractivity contribution >= 4 is 0 Å². The van der Waals surface area contributed by atoms with Gasteiger partial charge >= 0.3 is 0 Å². The van der Waals surface area contributed by atoms with Gasteiger partial charge in [0.05, 0.1) is 6.10 Å². The van der Waals surface area contributed by atoms with E-state index >= 15 is 0 Å². The molecule has 0 bridgehead atoms. The molecule has 0 aliphatic heterocycles. The number of ether oxygens (including phenoxy) is 1. The molecule has 1 aromatic carbocycles. The van der Waals surface area contributed by atoms with Crippen LogP contribution in [0.2, 0.25) is 0 Å². The van der Waals surface area contributed by atoms with Crippen molar-refractivity contribution in [3.63, 3.8) is 0 Å². The zero-order valence-corrected chi connectivity index (χ0v) is 9.97. The zero-order valence-electron chi connectivity index (χ0n) is 9.97. The van der Waals surface area contributed by atoms with Crippen molar-refractivity contribution in [1.82, 2.24) is 0 Å². The van der Waals surface area contributed by atoms with Gasteiger partial charge in [-0.1, -0.05) is 49.4 Å². The van der Waals surface area contributed by atoms with E-state index in [9.17, 15) is 0 Å². The van der Waals surface area contributed by atoms with Gasteiger partial charge in [-0.2, -0.15) is 0 Å². The van der Waals surface area contributed by atoms with Gasteiger partial charge in [0.15, 0.2) is 0 Å². The number of rotatable bonds is 6. The molecule has 0 amide bonds. The molecule has 16 heavy (non-hydrogen) atoms. The minimum Gasteiger partial charge on any atom is -0.396 e. The lowest BCUT2D eigenvalue weighted by molar-refractivity contribution is 0.0740. The van der Waals surface area contributed by atoms with E-state index in [4.69, 9.17) is 9.84 Å². The Morgan fingerprint density at radius 3 is 2.56 bits per heavy atom. The molecule has 0 saturated carbocycles. The van der Waals surface area contributed by atoms with Crippen molar-refractivity contribution in [3.05, 3.63) is 48.0 Å². The van der Waals surface area contributed by atoms with Crippen molar-refractivity contribution in [2.45, 2.75) is 19.4 Å². The van der Waals surface area contributed by atoms with E-state index in [0.717, 1.165) is 0 Å². The van der Waals surface area contributed by atoms with Gasteiger partial charge in [0.1, 0.15) is 0 Å². The first-order chi connectivity index (χ1) is 7.79. The van der Waals surface area contributed by atoms with Gasteiger partial charge in [-0.25, -0.2) is 0 Å². The molecule has 0 unspecified atom stereocenters. The molecule has 0 aliphatic carbocycles. The highest BCUT2D eigenvalue weighted by molar-refractivity contribution is 5.19. The molecule has 0 fully saturated rings. The second-order valence-corrected chi connectivity index (χ2v) is 3.87. The Morgan fingerprint density at radius 2 is 2.00 bits per heavy atom. The van der Waals surface area contributed by atoms with Crippen molar-refractivity contribution in [2.24, 2.45) is 5.92 Å². The van der Waals surface area contributed by atoms with Gasteiger partial charge in [0.2, 0.25) is 0 Å². The minimum absolute atomic E-state index is 0.0798. The Balaban J connectivity index is 2.67. The summed E-state index contributed by atoms with van der Waals surface area (Å²) in [6.45, 7) is 2.32. The molecule has 0 aliphatic rings. The fraction of sp³-hybridized carbons (Fsp3) is 0.429. The van der Waals surface area contributed by atoms with Crippen LogP contribution in [0.15, 0.2) is 42.5 Å². The first-order valence-corrected chi connectivity index (χ1v) is 5.65. The highest BCUT2D eigenvalue weighted by Gasteiger charge is 2.15. The van der Waals surface area contributed by atoms with Gasteiger partial charge in [0, 0.05) is 19.6 Å². The molecule has 2 nitrogen and oxygen atoms in total. The number of aliphatic hydroxyl groups is 1. The predicted octanol–water partition coefficient (Wildman–Crippen LogP) is 2.95. The quantitative estimate of drug-likeness (QED) is 0.747. The number of aliphatic hydroxyl groups excluding tert-OH is 1. The van der Waals surface area contributed by atoms with E-state index in [0.29, 0.717) is 12.3 Å². The normalized spacial score (nSPS) is 15.2.